The molecule has 0 aromatic heterocycles. The second-order valence-corrected chi connectivity index (χ2v) is 10.6. The third-order valence-corrected chi connectivity index (χ3v) is 7.84. The molecule has 0 heterocycles. The highest BCUT2D eigenvalue weighted by molar-refractivity contribution is 6.74. The molecule has 0 spiro atoms. The second-order valence-electron chi connectivity index (χ2n) is 5.80. The van der Waals surface area contributed by atoms with Gasteiger partial charge in [-0.05, 0) is 18.1 Å². The number of methoxy groups -OCH3 is 2. The Morgan fingerprint density at radius 1 is 1.11 bits per heavy atom. The third-order valence-electron chi connectivity index (χ3n) is 3.40. The summed E-state index contributed by atoms with van der Waals surface area (Å²) in [7, 11) is 0.237. The van der Waals surface area contributed by atoms with Gasteiger partial charge in [-0.15, -0.1) is 0 Å². The first-order valence-electron chi connectivity index (χ1n) is 6.00. The minimum atomic E-state index is -2.24. The summed E-state index contributed by atoms with van der Waals surface area (Å²) in [5.41, 5.74) is -0.0424. The highest BCUT2D eigenvalue weighted by atomic mass is 28.4. The quantitative estimate of drug-likeness (QED) is 0.441. The normalized spacial score (nSPS) is 13.6. The van der Waals surface area contributed by atoms with E-state index in [1.807, 2.05) is 33.9 Å². The van der Waals surface area contributed by atoms with Gasteiger partial charge < -0.3 is 13.9 Å². The van der Waals surface area contributed by atoms with E-state index >= 15 is 0 Å². The summed E-state index contributed by atoms with van der Waals surface area (Å²) >= 11 is 0. The monoisotopic (exact) mass is 288 g/mol. The van der Waals surface area contributed by atoms with E-state index in [-0.39, 0.29) is 10.6 Å². The smallest absolute Gasteiger partial charge is 0.338 e. The highest BCUT2D eigenvalue weighted by Crippen LogP contribution is 2.38. The van der Waals surface area contributed by atoms with Gasteiger partial charge in [0.15, 0.2) is 14.4 Å². The molecule has 0 aliphatic carbocycles. The fourth-order valence-corrected chi connectivity index (χ4v) is 2.26. The SMILES string of the molecule is C=C(C(=O)OC)[C@H](O[Si](C)(C)C(C)(C)C)C(=O)OC. The predicted octanol–water partition coefficient (Wildman–Crippen LogP) is 2.28. The van der Waals surface area contributed by atoms with Gasteiger partial charge in [0.05, 0.1) is 19.8 Å². The zero-order valence-electron chi connectivity index (χ0n) is 12.8. The van der Waals surface area contributed by atoms with Crippen LogP contribution in [0.3, 0.4) is 0 Å². The van der Waals surface area contributed by atoms with Crippen molar-refractivity contribution >= 4 is 20.3 Å². The lowest BCUT2D eigenvalue weighted by Crippen LogP contribution is -2.47. The molecule has 0 N–H and O–H groups in total. The summed E-state index contributed by atoms with van der Waals surface area (Å²) in [5, 5.41) is -0.102. The molecular weight excluding hydrogens is 264 g/mol. The molecule has 0 aliphatic rings. The fourth-order valence-electron chi connectivity index (χ4n) is 1.08. The maximum Gasteiger partial charge on any atom is 0.338 e. The van der Waals surface area contributed by atoms with Gasteiger partial charge in [-0.1, -0.05) is 27.4 Å². The lowest BCUT2D eigenvalue weighted by Gasteiger charge is -2.38. The van der Waals surface area contributed by atoms with E-state index in [4.69, 9.17) is 4.43 Å². The predicted molar refractivity (Wildman–Crippen MR) is 75.2 cm³/mol. The fraction of sp³-hybridized carbons (Fsp3) is 0.692. The van der Waals surface area contributed by atoms with Gasteiger partial charge in [0, 0.05) is 0 Å². The minimum absolute atomic E-state index is 0.0424. The van der Waals surface area contributed by atoms with E-state index in [1.165, 1.54) is 14.2 Å². The van der Waals surface area contributed by atoms with Crippen LogP contribution in [0.4, 0.5) is 0 Å². The largest absolute Gasteiger partial charge is 0.467 e. The van der Waals surface area contributed by atoms with Crippen LogP contribution >= 0.6 is 0 Å². The first kappa shape index (κ1) is 17.9. The topological polar surface area (TPSA) is 61.8 Å². The van der Waals surface area contributed by atoms with Crippen LogP contribution in [0.15, 0.2) is 12.2 Å². The van der Waals surface area contributed by atoms with Gasteiger partial charge in [0.2, 0.25) is 0 Å². The van der Waals surface area contributed by atoms with E-state index < -0.39 is 26.4 Å². The molecule has 1 atom stereocenters. The van der Waals surface area contributed by atoms with Crippen LogP contribution in [0, 0.1) is 0 Å². The van der Waals surface area contributed by atoms with E-state index in [0.717, 1.165) is 0 Å². The Bertz CT molecular complexity index is 368. The molecule has 5 nitrogen and oxygen atoms in total. The Hall–Kier alpha value is -1.14. The van der Waals surface area contributed by atoms with Gasteiger partial charge >= 0.3 is 11.9 Å². The van der Waals surface area contributed by atoms with E-state index in [1.54, 1.807) is 0 Å². The van der Waals surface area contributed by atoms with Crippen LogP contribution < -0.4 is 0 Å². The minimum Gasteiger partial charge on any atom is -0.467 e. The Morgan fingerprint density at radius 3 is 1.89 bits per heavy atom. The molecule has 6 heteroatoms. The molecular formula is C13H24O5Si. The van der Waals surface area contributed by atoms with Crippen molar-refractivity contribution in [2.24, 2.45) is 0 Å². The summed E-state index contributed by atoms with van der Waals surface area (Å²) in [6, 6.07) is 0. The van der Waals surface area contributed by atoms with Gasteiger partial charge in [0.25, 0.3) is 0 Å². The molecule has 0 rings (SSSR count). The van der Waals surface area contributed by atoms with Crippen molar-refractivity contribution in [3.8, 4) is 0 Å². The van der Waals surface area contributed by atoms with Crippen LogP contribution in [0.5, 0.6) is 0 Å². The van der Waals surface area contributed by atoms with Crippen LogP contribution in [-0.4, -0.2) is 40.6 Å². The number of esters is 2. The first-order chi connectivity index (χ1) is 8.47. The van der Waals surface area contributed by atoms with E-state index in [9.17, 15) is 9.59 Å². The van der Waals surface area contributed by atoms with Crippen LogP contribution in [0.1, 0.15) is 20.8 Å². The standard InChI is InChI=1S/C13H24O5Si/c1-9(11(14)16-5)10(12(15)17-6)18-19(7,8)13(2,3)4/h10H,1H2,2-8H3/t10-/m0/s1. The summed E-state index contributed by atoms with van der Waals surface area (Å²) in [6.07, 6.45) is -1.11. The average molecular weight is 288 g/mol. The van der Waals surface area contributed by atoms with Gasteiger partial charge in [-0.25, -0.2) is 9.59 Å². The Morgan fingerprint density at radius 2 is 1.58 bits per heavy atom. The molecule has 0 radical (unpaired) electrons. The summed E-state index contributed by atoms with van der Waals surface area (Å²) in [4.78, 5) is 23.3. The maximum atomic E-state index is 11.8. The van der Waals surface area contributed by atoms with Crippen molar-refractivity contribution in [2.45, 2.75) is 45.0 Å². The highest BCUT2D eigenvalue weighted by Gasteiger charge is 2.43. The molecule has 0 aromatic rings. The van der Waals surface area contributed by atoms with E-state index in [2.05, 4.69) is 16.1 Å². The molecule has 19 heavy (non-hydrogen) atoms. The van der Waals surface area contributed by atoms with Crippen LogP contribution in [-0.2, 0) is 23.5 Å². The van der Waals surface area contributed by atoms with E-state index in [0.29, 0.717) is 0 Å². The zero-order valence-corrected chi connectivity index (χ0v) is 13.8. The third kappa shape index (κ3) is 4.47. The Kier molecular flexibility index (Phi) is 5.96. The van der Waals surface area contributed by atoms with Crippen molar-refractivity contribution in [2.75, 3.05) is 14.2 Å². The van der Waals surface area contributed by atoms with Crippen molar-refractivity contribution in [3.63, 3.8) is 0 Å². The van der Waals surface area contributed by atoms with Gasteiger partial charge in [-0.2, -0.15) is 0 Å². The van der Waals surface area contributed by atoms with Crippen LogP contribution in [0.25, 0.3) is 0 Å². The molecule has 0 fully saturated rings. The average Bonchev–Trinajstić information content (AvgIpc) is 2.31. The number of hydrogen-bond acceptors (Lipinski definition) is 5. The first-order valence-corrected chi connectivity index (χ1v) is 8.91. The molecule has 0 aliphatic heterocycles. The van der Waals surface area contributed by atoms with Crippen LogP contribution in [0.2, 0.25) is 18.1 Å². The molecule has 0 unspecified atom stereocenters. The lowest BCUT2D eigenvalue weighted by molar-refractivity contribution is -0.150. The second kappa shape index (κ2) is 6.34. The van der Waals surface area contributed by atoms with Crippen molar-refractivity contribution in [1.29, 1.82) is 0 Å². The molecule has 0 bridgehead atoms. The van der Waals surface area contributed by atoms with Crippen molar-refractivity contribution < 1.29 is 23.5 Å². The summed E-state index contributed by atoms with van der Waals surface area (Å²) in [6.45, 7) is 13.7. The Labute approximate surface area is 116 Å². The van der Waals surface area contributed by atoms with Gasteiger partial charge in [-0.3, -0.25) is 0 Å². The lowest BCUT2D eigenvalue weighted by atomic mass is 10.2. The zero-order chi connectivity index (χ0) is 15.4. The number of ether oxygens (including phenoxy) is 2. The number of rotatable bonds is 5. The molecule has 0 saturated heterocycles. The molecule has 110 valence electrons. The molecule has 0 amide bonds. The van der Waals surface area contributed by atoms with Crippen molar-refractivity contribution in [3.05, 3.63) is 12.2 Å². The number of carbonyl (C=O) groups excluding carboxylic acids is 2. The van der Waals surface area contributed by atoms with Crippen molar-refractivity contribution in [1.82, 2.24) is 0 Å². The molecule has 0 saturated carbocycles. The molecule has 0 aromatic carbocycles. The number of hydrogen-bond donors (Lipinski definition) is 0. The Balaban J connectivity index is 5.26. The van der Waals surface area contributed by atoms with Gasteiger partial charge in [0.1, 0.15) is 0 Å². The summed E-state index contributed by atoms with van der Waals surface area (Å²) in [5.74, 6) is -1.31. The summed E-state index contributed by atoms with van der Waals surface area (Å²) < 4.78 is 15.2. The maximum absolute atomic E-state index is 11.8. The number of carbonyl (C=O) groups is 2.